The molecule has 0 unspecified atom stereocenters. The van der Waals surface area contributed by atoms with Crippen molar-refractivity contribution in [2.75, 3.05) is 38.0 Å². The number of benzene rings is 2. The summed E-state index contributed by atoms with van der Waals surface area (Å²) in [7, 11) is 0. The summed E-state index contributed by atoms with van der Waals surface area (Å²) < 4.78 is 0. The number of hydrogen-bond donors (Lipinski definition) is 1. The van der Waals surface area contributed by atoms with Gasteiger partial charge in [0, 0.05) is 56.4 Å². The Morgan fingerprint density at radius 1 is 0.960 bits per heavy atom. The number of piperazine rings is 1. The van der Waals surface area contributed by atoms with Crippen LogP contribution in [0, 0.1) is 0 Å². The van der Waals surface area contributed by atoms with Crippen LogP contribution in [0.2, 0.25) is 5.02 Å². The van der Waals surface area contributed by atoms with Gasteiger partial charge in [-0.1, -0.05) is 41.9 Å². The first kappa shape index (κ1) is 17.8. The Hall–Kier alpha value is -2.04. The molecule has 1 heterocycles. The van der Waals surface area contributed by atoms with E-state index >= 15 is 0 Å². The summed E-state index contributed by atoms with van der Waals surface area (Å²) in [6.07, 6.45) is 0.515. The summed E-state index contributed by atoms with van der Waals surface area (Å²) in [6.45, 7) is 5.10. The summed E-state index contributed by atoms with van der Waals surface area (Å²) in [5.74, 6) is 0.223. The number of nitrogens with one attached hydrogen (secondary N) is 1. The van der Waals surface area contributed by atoms with E-state index in [1.807, 2.05) is 35.2 Å². The van der Waals surface area contributed by atoms with E-state index in [0.29, 0.717) is 13.0 Å². The van der Waals surface area contributed by atoms with Crippen LogP contribution >= 0.6 is 11.6 Å². The third-order valence-corrected chi connectivity index (χ3v) is 4.74. The molecule has 1 aliphatic heterocycles. The highest BCUT2D eigenvalue weighted by molar-refractivity contribution is 6.30. The van der Waals surface area contributed by atoms with Crippen molar-refractivity contribution in [3.8, 4) is 0 Å². The lowest BCUT2D eigenvalue weighted by Crippen LogP contribution is -2.48. The lowest BCUT2D eigenvalue weighted by atomic mass is 10.2. The molecular weight excluding hydrogens is 334 g/mol. The molecule has 1 aliphatic rings. The fraction of sp³-hybridized carbons (Fsp3) is 0.350. The molecule has 1 fully saturated rings. The van der Waals surface area contributed by atoms with Crippen LogP contribution in [0.1, 0.15) is 12.0 Å². The number of nitrogens with zero attached hydrogens (tertiary/aromatic N) is 2. The Balaban J connectivity index is 1.37. The molecule has 4 nitrogen and oxygen atoms in total. The number of halogens is 1. The zero-order chi connectivity index (χ0) is 17.5. The number of anilines is 1. The van der Waals surface area contributed by atoms with Gasteiger partial charge < -0.3 is 10.2 Å². The van der Waals surface area contributed by atoms with E-state index in [-0.39, 0.29) is 5.91 Å². The van der Waals surface area contributed by atoms with E-state index < -0.39 is 0 Å². The number of hydrogen-bond acceptors (Lipinski definition) is 3. The number of carbonyl (C=O) groups is 1. The molecule has 0 aromatic heterocycles. The molecule has 0 radical (unpaired) electrons. The highest BCUT2D eigenvalue weighted by Gasteiger charge is 2.20. The second-order valence-corrected chi connectivity index (χ2v) is 6.76. The molecular formula is C20H24ClN3O. The predicted molar refractivity (Wildman–Crippen MR) is 103 cm³/mol. The van der Waals surface area contributed by atoms with E-state index in [2.05, 4.69) is 34.5 Å². The third kappa shape index (κ3) is 5.48. The average Bonchev–Trinajstić information content (AvgIpc) is 2.65. The Labute approximate surface area is 154 Å². The Kier molecular flexibility index (Phi) is 6.31. The van der Waals surface area contributed by atoms with E-state index in [0.717, 1.165) is 43.4 Å². The summed E-state index contributed by atoms with van der Waals surface area (Å²) in [5, 5.41) is 3.98. The summed E-state index contributed by atoms with van der Waals surface area (Å²) in [6, 6.07) is 18.0. The zero-order valence-electron chi connectivity index (χ0n) is 14.3. The predicted octanol–water partition coefficient (Wildman–Crippen LogP) is 3.49. The van der Waals surface area contributed by atoms with Gasteiger partial charge in [-0.3, -0.25) is 9.69 Å². The minimum Gasteiger partial charge on any atom is -0.385 e. The summed E-state index contributed by atoms with van der Waals surface area (Å²) in [4.78, 5) is 16.7. The van der Waals surface area contributed by atoms with Gasteiger partial charge in [-0.05, 0) is 29.8 Å². The fourth-order valence-electron chi connectivity index (χ4n) is 3.04. The van der Waals surface area contributed by atoms with Crippen LogP contribution in [0.5, 0.6) is 0 Å². The van der Waals surface area contributed by atoms with Crippen molar-refractivity contribution in [3.63, 3.8) is 0 Å². The highest BCUT2D eigenvalue weighted by Crippen LogP contribution is 2.14. The molecule has 2 aromatic carbocycles. The molecule has 132 valence electrons. The van der Waals surface area contributed by atoms with Crippen molar-refractivity contribution in [2.45, 2.75) is 13.0 Å². The van der Waals surface area contributed by atoms with Crippen LogP contribution in [0.3, 0.4) is 0 Å². The van der Waals surface area contributed by atoms with Crippen LogP contribution in [-0.2, 0) is 11.3 Å². The maximum absolute atomic E-state index is 12.4. The first-order valence-electron chi connectivity index (χ1n) is 8.74. The highest BCUT2D eigenvalue weighted by atomic mass is 35.5. The second-order valence-electron chi connectivity index (χ2n) is 6.33. The van der Waals surface area contributed by atoms with Gasteiger partial charge in [0.1, 0.15) is 0 Å². The summed E-state index contributed by atoms with van der Waals surface area (Å²) in [5.41, 5.74) is 2.32. The summed E-state index contributed by atoms with van der Waals surface area (Å²) >= 11 is 5.87. The first-order chi connectivity index (χ1) is 12.2. The zero-order valence-corrected chi connectivity index (χ0v) is 15.1. The van der Waals surface area contributed by atoms with Crippen molar-refractivity contribution in [1.29, 1.82) is 0 Å². The van der Waals surface area contributed by atoms with Gasteiger partial charge in [-0.15, -0.1) is 0 Å². The normalized spacial score (nSPS) is 15.2. The van der Waals surface area contributed by atoms with Gasteiger partial charge >= 0.3 is 0 Å². The quantitative estimate of drug-likeness (QED) is 0.859. The Bertz CT molecular complexity index is 667. The lowest BCUT2D eigenvalue weighted by Gasteiger charge is -2.34. The molecule has 1 saturated heterocycles. The van der Waals surface area contributed by atoms with Crippen molar-refractivity contribution in [1.82, 2.24) is 9.80 Å². The topological polar surface area (TPSA) is 35.6 Å². The number of rotatable bonds is 6. The lowest BCUT2D eigenvalue weighted by molar-refractivity contribution is -0.132. The molecule has 1 N–H and O–H groups in total. The SMILES string of the molecule is O=C(CCNc1ccc(Cl)cc1)N1CCN(Cc2ccccc2)CC1. The van der Waals surface area contributed by atoms with Crippen LogP contribution in [0.15, 0.2) is 54.6 Å². The smallest absolute Gasteiger partial charge is 0.224 e. The monoisotopic (exact) mass is 357 g/mol. The second kappa shape index (κ2) is 8.88. The maximum Gasteiger partial charge on any atom is 0.224 e. The minimum absolute atomic E-state index is 0.223. The van der Waals surface area contributed by atoms with E-state index in [1.54, 1.807) is 0 Å². The fourth-order valence-corrected chi connectivity index (χ4v) is 3.16. The van der Waals surface area contributed by atoms with Gasteiger partial charge in [-0.25, -0.2) is 0 Å². The van der Waals surface area contributed by atoms with E-state index in [9.17, 15) is 4.79 Å². The standard InChI is InChI=1S/C20H24ClN3O/c21-18-6-8-19(9-7-18)22-11-10-20(25)24-14-12-23(13-15-24)16-17-4-2-1-3-5-17/h1-9,22H,10-16H2. The first-order valence-corrected chi connectivity index (χ1v) is 9.12. The number of carbonyl (C=O) groups excluding carboxylic acids is 1. The maximum atomic E-state index is 12.4. The molecule has 0 aliphatic carbocycles. The Morgan fingerprint density at radius 2 is 1.64 bits per heavy atom. The molecule has 2 aromatic rings. The van der Waals surface area contributed by atoms with Crippen LogP contribution in [-0.4, -0.2) is 48.4 Å². The van der Waals surface area contributed by atoms with Gasteiger partial charge in [0.05, 0.1) is 0 Å². The van der Waals surface area contributed by atoms with Gasteiger partial charge in [0.2, 0.25) is 5.91 Å². The molecule has 3 rings (SSSR count). The molecule has 5 heteroatoms. The van der Waals surface area contributed by atoms with Crippen molar-refractivity contribution in [2.24, 2.45) is 0 Å². The minimum atomic E-state index is 0.223. The van der Waals surface area contributed by atoms with Crippen LogP contribution in [0.25, 0.3) is 0 Å². The Morgan fingerprint density at radius 3 is 2.32 bits per heavy atom. The van der Waals surface area contributed by atoms with E-state index in [4.69, 9.17) is 11.6 Å². The molecule has 0 bridgehead atoms. The van der Waals surface area contributed by atoms with E-state index in [1.165, 1.54) is 5.56 Å². The van der Waals surface area contributed by atoms with Gasteiger partial charge in [-0.2, -0.15) is 0 Å². The average molecular weight is 358 g/mol. The molecule has 1 amide bonds. The number of amides is 1. The molecule has 0 saturated carbocycles. The van der Waals surface area contributed by atoms with Crippen molar-refractivity contribution >= 4 is 23.2 Å². The largest absolute Gasteiger partial charge is 0.385 e. The van der Waals surface area contributed by atoms with Gasteiger partial charge in [0.25, 0.3) is 0 Å². The van der Waals surface area contributed by atoms with Crippen molar-refractivity contribution in [3.05, 3.63) is 65.2 Å². The molecule has 0 atom stereocenters. The van der Waals surface area contributed by atoms with Crippen molar-refractivity contribution < 1.29 is 4.79 Å². The van der Waals surface area contributed by atoms with Crippen LogP contribution in [0.4, 0.5) is 5.69 Å². The molecule has 0 spiro atoms. The third-order valence-electron chi connectivity index (χ3n) is 4.49. The van der Waals surface area contributed by atoms with Crippen LogP contribution < -0.4 is 5.32 Å². The molecule has 25 heavy (non-hydrogen) atoms. The van der Waals surface area contributed by atoms with Gasteiger partial charge in [0.15, 0.2) is 0 Å².